The van der Waals surface area contributed by atoms with Crippen molar-refractivity contribution in [3.63, 3.8) is 0 Å². The summed E-state index contributed by atoms with van der Waals surface area (Å²) in [5.74, 6) is -0.742. The van der Waals surface area contributed by atoms with E-state index in [2.05, 4.69) is 6.92 Å². The minimum absolute atomic E-state index is 0.0733. The van der Waals surface area contributed by atoms with E-state index in [-0.39, 0.29) is 6.10 Å². The standard InChI is InChI=1S/C9H18O2/c1-3-4-5-6-7-9(10)8(2)11-9/h8,10H,3-7H2,1-2H3. The molecule has 66 valence electrons. The minimum Gasteiger partial charge on any atom is -0.363 e. The number of unbranched alkanes of at least 4 members (excludes halogenated alkanes) is 3. The Kier molecular flexibility index (Phi) is 2.90. The smallest absolute Gasteiger partial charge is 0.192 e. The average molecular weight is 158 g/mol. The van der Waals surface area contributed by atoms with Crippen LogP contribution < -0.4 is 0 Å². The first-order valence-corrected chi connectivity index (χ1v) is 4.59. The number of aliphatic hydroxyl groups is 1. The summed E-state index contributed by atoms with van der Waals surface area (Å²) in [6.07, 6.45) is 5.71. The molecule has 1 saturated heterocycles. The normalized spacial score (nSPS) is 35.7. The third kappa shape index (κ3) is 2.46. The highest BCUT2D eigenvalue weighted by atomic mass is 16.7. The number of hydrogen-bond donors (Lipinski definition) is 1. The summed E-state index contributed by atoms with van der Waals surface area (Å²) in [5, 5.41) is 9.47. The van der Waals surface area contributed by atoms with Crippen LogP contribution in [0.3, 0.4) is 0 Å². The predicted octanol–water partition coefficient (Wildman–Crippen LogP) is 2.06. The maximum atomic E-state index is 9.47. The quantitative estimate of drug-likeness (QED) is 0.490. The van der Waals surface area contributed by atoms with E-state index in [4.69, 9.17) is 4.74 Å². The molecule has 11 heavy (non-hydrogen) atoms. The molecule has 0 saturated carbocycles. The van der Waals surface area contributed by atoms with Crippen molar-refractivity contribution in [2.75, 3.05) is 0 Å². The highest BCUT2D eigenvalue weighted by molar-refractivity contribution is 4.88. The van der Waals surface area contributed by atoms with Crippen LogP contribution in [0.25, 0.3) is 0 Å². The second-order valence-electron chi connectivity index (χ2n) is 3.42. The van der Waals surface area contributed by atoms with Crippen LogP contribution in [-0.2, 0) is 4.74 Å². The molecule has 0 aliphatic carbocycles. The Balaban J connectivity index is 1.96. The molecule has 2 nitrogen and oxygen atoms in total. The van der Waals surface area contributed by atoms with Crippen LogP contribution in [-0.4, -0.2) is 17.0 Å². The lowest BCUT2D eigenvalue weighted by Gasteiger charge is -2.03. The molecule has 0 aromatic rings. The fourth-order valence-corrected chi connectivity index (χ4v) is 1.34. The Hall–Kier alpha value is -0.0800. The molecule has 1 rings (SSSR count). The Morgan fingerprint density at radius 2 is 2.00 bits per heavy atom. The first-order valence-electron chi connectivity index (χ1n) is 4.59. The van der Waals surface area contributed by atoms with Crippen LogP contribution in [0.1, 0.15) is 46.0 Å². The summed E-state index contributed by atoms with van der Waals surface area (Å²) < 4.78 is 5.04. The van der Waals surface area contributed by atoms with Gasteiger partial charge in [-0.1, -0.05) is 26.2 Å². The van der Waals surface area contributed by atoms with Gasteiger partial charge >= 0.3 is 0 Å². The SMILES string of the molecule is CCCCCCC1(O)OC1C. The van der Waals surface area contributed by atoms with E-state index in [9.17, 15) is 5.11 Å². The first kappa shape index (κ1) is 9.01. The maximum Gasteiger partial charge on any atom is 0.192 e. The number of rotatable bonds is 5. The second-order valence-corrected chi connectivity index (χ2v) is 3.42. The van der Waals surface area contributed by atoms with Gasteiger partial charge in [0.15, 0.2) is 5.79 Å². The van der Waals surface area contributed by atoms with Crippen LogP contribution in [0.2, 0.25) is 0 Å². The third-order valence-electron chi connectivity index (χ3n) is 2.35. The second kappa shape index (κ2) is 3.55. The summed E-state index contributed by atoms with van der Waals surface area (Å²) in [4.78, 5) is 0. The molecule has 0 radical (unpaired) electrons. The van der Waals surface area contributed by atoms with Crippen molar-refractivity contribution in [2.24, 2.45) is 0 Å². The van der Waals surface area contributed by atoms with Gasteiger partial charge in [0.2, 0.25) is 0 Å². The van der Waals surface area contributed by atoms with Crippen LogP contribution >= 0.6 is 0 Å². The summed E-state index contributed by atoms with van der Waals surface area (Å²) in [7, 11) is 0. The highest BCUT2D eigenvalue weighted by Crippen LogP contribution is 2.37. The van der Waals surface area contributed by atoms with Gasteiger partial charge in [-0.3, -0.25) is 0 Å². The fraction of sp³-hybridized carbons (Fsp3) is 1.00. The monoisotopic (exact) mass is 158 g/mol. The average Bonchev–Trinajstić information content (AvgIpc) is 2.54. The van der Waals surface area contributed by atoms with Crippen LogP contribution in [0.5, 0.6) is 0 Å². The zero-order chi connectivity index (χ0) is 8.32. The number of ether oxygens (including phenoxy) is 1. The Bertz CT molecular complexity index is 125. The van der Waals surface area contributed by atoms with Crippen molar-refractivity contribution in [3.8, 4) is 0 Å². The van der Waals surface area contributed by atoms with Crippen molar-refractivity contribution >= 4 is 0 Å². The van der Waals surface area contributed by atoms with Gasteiger partial charge in [-0.25, -0.2) is 0 Å². The molecule has 1 N–H and O–H groups in total. The van der Waals surface area contributed by atoms with Crippen molar-refractivity contribution in [1.82, 2.24) is 0 Å². The van der Waals surface area contributed by atoms with E-state index in [0.29, 0.717) is 0 Å². The van der Waals surface area contributed by atoms with Gasteiger partial charge in [0.1, 0.15) is 6.10 Å². The van der Waals surface area contributed by atoms with E-state index in [1.165, 1.54) is 19.3 Å². The number of epoxide rings is 1. The van der Waals surface area contributed by atoms with Gasteiger partial charge < -0.3 is 9.84 Å². The molecule has 0 spiro atoms. The lowest BCUT2D eigenvalue weighted by Crippen LogP contribution is -2.11. The molecule has 0 amide bonds. The van der Waals surface area contributed by atoms with Crippen LogP contribution in [0.15, 0.2) is 0 Å². The van der Waals surface area contributed by atoms with E-state index < -0.39 is 5.79 Å². The summed E-state index contributed by atoms with van der Waals surface area (Å²) >= 11 is 0. The summed E-state index contributed by atoms with van der Waals surface area (Å²) in [5.41, 5.74) is 0. The number of hydrogen-bond acceptors (Lipinski definition) is 2. The molecule has 2 unspecified atom stereocenters. The third-order valence-corrected chi connectivity index (χ3v) is 2.35. The van der Waals surface area contributed by atoms with Crippen LogP contribution in [0, 0.1) is 0 Å². The molecular formula is C9H18O2. The fourth-order valence-electron chi connectivity index (χ4n) is 1.34. The van der Waals surface area contributed by atoms with Gasteiger partial charge in [0.05, 0.1) is 0 Å². The summed E-state index contributed by atoms with van der Waals surface area (Å²) in [6, 6.07) is 0. The van der Waals surface area contributed by atoms with Gasteiger partial charge in [-0.15, -0.1) is 0 Å². The zero-order valence-electron chi connectivity index (χ0n) is 7.47. The summed E-state index contributed by atoms with van der Waals surface area (Å²) in [6.45, 7) is 4.10. The van der Waals surface area contributed by atoms with E-state index in [1.54, 1.807) is 0 Å². The van der Waals surface area contributed by atoms with E-state index in [1.807, 2.05) is 6.92 Å². The van der Waals surface area contributed by atoms with Gasteiger partial charge in [-0.05, 0) is 13.3 Å². The highest BCUT2D eigenvalue weighted by Gasteiger charge is 2.50. The molecule has 0 bridgehead atoms. The topological polar surface area (TPSA) is 32.8 Å². The van der Waals surface area contributed by atoms with Crippen LogP contribution in [0.4, 0.5) is 0 Å². The molecule has 0 aromatic heterocycles. The van der Waals surface area contributed by atoms with E-state index in [0.717, 1.165) is 12.8 Å². The maximum absolute atomic E-state index is 9.47. The zero-order valence-corrected chi connectivity index (χ0v) is 7.47. The van der Waals surface area contributed by atoms with Crippen molar-refractivity contribution in [1.29, 1.82) is 0 Å². The molecule has 2 atom stereocenters. The lowest BCUT2D eigenvalue weighted by atomic mass is 10.1. The molecule has 1 aliphatic rings. The van der Waals surface area contributed by atoms with Crippen molar-refractivity contribution in [2.45, 2.75) is 57.8 Å². The van der Waals surface area contributed by atoms with E-state index >= 15 is 0 Å². The Labute approximate surface area is 68.6 Å². The minimum atomic E-state index is -0.742. The Morgan fingerprint density at radius 3 is 2.45 bits per heavy atom. The molecule has 1 fully saturated rings. The lowest BCUT2D eigenvalue weighted by molar-refractivity contribution is 0.0264. The van der Waals surface area contributed by atoms with Gasteiger partial charge in [0.25, 0.3) is 0 Å². The largest absolute Gasteiger partial charge is 0.363 e. The molecular weight excluding hydrogens is 140 g/mol. The van der Waals surface area contributed by atoms with Gasteiger partial charge in [-0.2, -0.15) is 0 Å². The first-order chi connectivity index (χ1) is 5.19. The van der Waals surface area contributed by atoms with Crippen molar-refractivity contribution < 1.29 is 9.84 Å². The predicted molar refractivity (Wildman–Crippen MR) is 44.3 cm³/mol. The molecule has 1 heterocycles. The molecule has 2 heteroatoms. The molecule has 0 aromatic carbocycles. The van der Waals surface area contributed by atoms with Gasteiger partial charge in [0, 0.05) is 6.42 Å². The van der Waals surface area contributed by atoms with Crippen molar-refractivity contribution in [3.05, 3.63) is 0 Å². The molecule has 1 aliphatic heterocycles. The Morgan fingerprint density at radius 1 is 1.36 bits per heavy atom.